The van der Waals surface area contributed by atoms with Gasteiger partial charge in [0.2, 0.25) is 0 Å². The number of nitrogens with zero attached hydrogens (tertiary/aromatic N) is 1. The summed E-state index contributed by atoms with van der Waals surface area (Å²) in [6.45, 7) is 7.68. The van der Waals surface area contributed by atoms with Crippen molar-refractivity contribution in [2.45, 2.75) is 39.8 Å². The summed E-state index contributed by atoms with van der Waals surface area (Å²) in [4.78, 5) is 5.94. The first kappa shape index (κ1) is 13.6. The van der Waals surface area contributed by atoms with Crippen molar-refractivity contribution >= 4 is 10.9 Å². The summed E-state index contributed by atoms with van der Waals surface area (Å²) in [5, 5.41) is 1.35. The summed E-state index contributed by atoms with van der Waals surface area (Å²) in [5.74, 6) is 0. The Morgan fingerprint density at radius 1 is 1.35 bits per heavy atom. The number of hydrogen-bond acceptors (Lipinski definition) is 1. The molecule has 1 aromatic heterocycles. The van der Waals surface area contributed by atoms with Crippen LogP contribution in [0.5, 0.6) is 0 Å². The minimum absolute atomic E-state index is 0.266. The van der Waals surface area contributed by atoms with Crippen LogP contribution in [0.3, 0.4) is 0 Å². The molecule has 0 aliphatic carbocycles. The molecule has 0 spiro atoms. The van der Waals surface area contributed by atoms with Gasteiger partial charge in [-0.15, -0.1) is 0 Å². The van der Waals surface area contributed by atoms with Gasteiger partial charge in [-0.05, 0) is 25.0 Å². The summed E-state index contributed by atoms with van der Waals surface area (Å²) in [7, 11) is 0. The Labute approximate surface area is 120 Å². The number of H-pyrrole nitrogens is 1. The first-order valence-electron chi connectivity index (χ1n) is 7.39. The second-order valence-electron chi connectivity index (χ2n) is 6.88. The fraction of sp³-hybridized carbons (Fsp3) is 0.529. The molecule has 3 rings (SSSR count). The monoisotopic (exact) mass is 274 g/mol. The molecule has 2 nitrogen and oxygen atoms in total. The molecule has 0 amide bonds. The molecule has 1 aliphatic heterocycles. The van der Waals surface area contributed by atoms with E-state index in [2.05, 4.69) is 41.1 Å². The van der Waals surface area contributed by atoms with E-state index in [9.17, 15) is 4.39 Å². The molecule has 0 radical (unpaired) electrons. The van der Waals surface area contributed by atoms with E-state index >= 15 is 0 Å². The number of halogens is 1. The Hall–Kier alpha value is -1.35. The summed E-state index contributed by atoms with van der Waals surface area (Å²) < 4.78 is 13.1. The summed E-state index contributed by atoms with van der Waals surface area (Å²) in [5.41, 5.74) is 3.70. The molecule has 0 saturated carbocycles. The average Bonchev–Trinajstić information content (AvgIpc) is 2.77. The van der Waals surface area contributed by atoms with Crippen molar-refractivity contribution in [3.8, 4) is 0 Å². The van der Waals surface area contributed by atoms with Gasteiger partial charge in [-0.3, -0.25) is 9.29 Å². The minimum Gasteiger partial charge on any atom is -0.357 e. The van der Waals surface area contributed by atoms with E-state index in [1.54, 1.807) is 0 Å². The van der Waals surface area contributed by atoms with Gasteiger partial charge in [0.25, 0.3) is 0 Å². The van der Waals surface area contributed by atoms with E-state index in [0.29, 0.717) is 6.04 Å². The van der Waals surface area contributed by atoms with E-state index in [1.807, 2.05) is 13.8 Å². The fourth-order valence-electron chi connectivity index (χ4n) is 3.21. The zero-order valence-electron chi connectivity index (χ0n) is 12.5. The summed E-state index contributed by atoms with van der Waals surface area (Å²) in [6.07, 6.45) is 1.04. The van der Waals surface area contributed by atoms with Crippen LogP contribution in [0, 0.1) is 5.41 Å². The Bertz CT molecular complexity index is 614. The van der Waals surface area contributed by atoms with Gasteiger partial charge in [0.15, 0.2) is 0 Å². The van der Waals surface area contributed by atoms with Crippen molar-refractivity contribution in [2.75, 3.05) is 13.2 Å². The molecule has 2 aromatic rings. The van der Waals surface area contributed by atoms with Crippen LogP contribution in [0.2, 0.25) is 0 Å². The highest BCUT2D eigenvalue weighted by Gasteiger charge is 2.30. The van der Waals surface area contributed by atoms with Gasteiger partial charge in [0.05, 0.1) is 6.67 Å². The maximum Gasteiger partial charge on any atom is 0.0957 e. The fourth-order valence-corrected chi connectivity index (χ4v) is 3.21. The average molecular weight is 274 g/mol. The van der Waals surface area contributed by atoms with Crippen LogP contribution in [-0.4, -0.2) is 29.1 Å². The summed E-state index contributed by atoms with van der Waals surface area (Å²) in [6, 6.07) is 8.96. The summed E-state index contributed by atoms with van der Waals surface area (Å²) >= 11 is 0. The normalized spacial score (nSPS) is 20.3. The molecule has 1 aliphatic rings. The third-order valence-corrected chi connectivity index (χ3v) is 4.38. The first-order valence-corrected chi connectivity index (χ1v) is 7.39. The highest BCUT2D eigenvalue weighted by atomic mass is 19.1. The Kier molecular flexibility index (Phi) is 3.33. The predicted molar refractivity (Wildman–Crippen MR) is 81.6 cm³/mol. The number of nitrogens with one attached hydrogen (secondary N) is 1. The van der Waals surface area contributed by atoms with E-state index < -0.39 is 0 Å². The van der Waals surface area contributed by atoms with E-state index in [4.69, 9.17) is 0 Å². The van der Waals surface area contributed by atoms with Crippen molar-refractivity contribution in [3.05, 3.63) is 35.5 Å². The van der Waals surface area contributed by atoms with Crippen molar-refractivity contribution in [1.29, 1.82) is 0 Å². The lowest BCUT2D eigenvalue weighted by Gasteiger charge is -2.38. The molecule has 0 fully saturated rings. The minimum atomic E-state index is -0.268. The van der Waals surface area contributed by atoms with Crippen LogP contribution >= 0.6 is 0 Å². The third kappa shape index (κ3) is 2.35. The van der Waals surface area contributed by atoms with Gasteiger partial charge >= 0.3 is 0 Å². The van der Waals surface area contributed by atoms with Crippen LogP contribution in [0.25, 0.3) is 10.9 Å². The van der Waals surface area contributed by atoms with E-state index in [-0.39, 0.29) is 12.1 Å². The molecule has 20 heavy (non-hydrogen) atoms. The molecule has 0 bridgehead atoms. The third-order valence-electron chi connectivity index (χ3n) is 4.38. The number of benzene rings is 1. The van der Waals surface area contributed by atoms with Crippen molar-refractivity contribution in [1.82, 2.24) is 9.88 Å². The molecule has 1 aromatic carbocycles. The van der Waals surface area contributed by atoms with Crippen molar-refractivity contribution in [3.63, 3.8) is 0 Å². The lowest BCUT2D eigenvalue weighted by molar-refractivity contribution is 0.0999. The number of aromatic amines is 1. The molecule has 1 atom stereocenters. The highest BCUT2D eigenvalue weighted by molar-refractivity contribution is 5.84. The van der Waals surface area contributed by atoms with Gasteiger partial charge in [-0.25, -0.2) is 0 Å². The Morgan fingerprint density at radius 2 is 2.10 bits per heavy atom. The molecule has 108 valence electrons. The molecule has 0 unspecified atom stereocenters. The Balaban J connectivity index is 1.90. The van der Waals surface area contributed by atoms with Gasteiger partial charge in [-0.2, -0.15) is 0 Å². The topological polar surface area (TPSA) is 19.0 Å². The zero-order chi connectivity index (χ0) is 14.3. The molecule has 0 saturated heterocycles. The highest BCUT2D eigenvalue weighted by Crippen LogP contribution is 2.31. The Morgan fingerprint density at radius 3 is 2.85 bits per heavy atom. The number of para-hydroxylation sites is 1. The second-order valence-corrected chi connectivity index (χ2v) is 6.88. The zero-order valence-corrected chi connectivity index (χ0v) is 12.5. The molecular weight excluding hydrogens is 251 g/mol. The largest absolute Gasteiger partial charge is 0.357 e. The maximum absolute atomic E-state index is 13.1. The standard InChI is InChI=1S/C17H23FN2/c1-12-8-14-13-6-4-5-7-15(13)19-16(14)9-20(12)11-17(2,3)10-18/h4-7,12,19H,8-11H2,1-3H3/t12-/m1/s1. The van der Waals surface area contributed by atoms with Crippen LogP contribution in [0.15, 0.2) is 24.3 Å². The maximum atomic E-state index is 13.1. The number of alkyl halides is 1. The SMILES string of the molecule is C[C@@H]1Cc2c([nH]c3ccccc23)CN1CC(C)(C)CF. The lowest BCUT2D eigenvalue weighted by Crippen LogP contribution is -2.44. The van der Waals surface area contributed by atoms with Gasteiger partial charge in [0.1, 0.15) is 0 Å². The first-order chi connectivity index (χ1) is 9.50. The van der Waals surface area contributed by atoms with E-state index in [1.165, 1.54) is 22.2 Å². The number of aromatic nitrogens is 1. The van der Waals surface area contributed by atoms with Crippen LogP contribution in [0.1, 0.15) is 32.0 Å². The lowest BCUT2D eigenvalue weighted by atomic mass is 9.91. The second kappa shape index (κ2) is 4.88. The number of fused-ring (bicyclic) bond motifs is 3. The van der Waals surface area contributed by atoms with Gasteiger partial charge < -0.3 is 4.98 Å². The van der Waals surface area contributed by atoms with Crippen molar-refractivity contribution in [2.24, 2.45) is 5.41 Å². The van der Waals surface area contributed by atoms with E-state index in [0.717, 1.165) is 19.5 Å². The smallest absolute Gasteiger partial charge is 0.0957 e. The van der Waals surface area contributed by atoms with Gasteiger partial charge in [0, 0.05) is 41.1 Å². The molecule has 3 heteroatoms. The van der Waals surface area contributed by atoms with Gasteiger partial charge in [-0.1, -0.05) is 32.0 Å². The van der Waals surface area contributed by atoms with Crippen LogP contribution in [-0.2, 0) is 13.0 Å². The number of hydrogen-bond donors (Lipinski definition) is 1. The van der Waals surface area contributed by atoms with Crippen LogP contribution in [0.4, 0.5) is 4.39 Å². The predicted octanol–water partition coefficient (Wildman–Crippen LogP) is 3.91. The molecule has 1 N–H and O–H groups in total. The van der Waals surface area contributed by atoms with Crippen molar-refractivity contribution < 1.29 is 4.39 Å². The quantitative estimate of drug-likeness (QED) is 0.899. The molecule has 2 heterocycles. The van der Waals surface area contributed by atoms with Crippen LogP contribution < -0.4 is 0 Å². The number of rotatable bonds is 3. The molecular formula is C17H23FN2.